The van der Waals surface area contributed by atoms with Gasteiger partial charge in [0.2, 0.25) is 11.6 Å². The molecule has 0 radical (unpaired) electrons. The first-order chi connectivity index (χ1) is 12.7. The summed E-state index contributed by atoms with van der Waals surface area (Å²) in [7, 11) is 0. The Morgan fingerprint density at radius 1 is 1.08 bits per heavy atom. The molecule has 1 aliphatic carbocycles. The lowest BCUT2D eigenvalue weighted by molar-refractivity contribution is 0.0954. The van der Waals surface area contributed by atoms with E-state index < -0.39 is 6.17 Å². The van der Waals surface area contributed by atoms with E-state index in [1.54, 1.807) is 10.9 Å². The SMILES string of the molecule is O=C(c1nc2n(n1)[C@H](c1ccccc1)C[C@@H]2F)[C@H]1CC1c1ccccn1. The van der Waals surface area contributed by atoms with E-state index in [9.17, 15) is 9.18 Å². The first-order valence-corrected chi connectivity index (χ1v) is 8.83. The molecule has 2 aliphatic rings. The normalized spacial score (nSPS) is 26.5. The van der Waals surface area contributed by atoms with Crippen molar-refractivity contribution in [2.24, 2.45) is 5.92 Å². The minimum Gasteiger partial charge on any atom is -0.290 e. The van der Waals surface area contributed by atoms with Gasteiger partial charge in [-0.1, -0.05) is 36.4 Å². The third-order valence-electron chi connectivity index (χ3n) is 5.26. The minimum absolute atomic E-state index is 0.110. The van der Waals surface area contributed by atoms with Crippen LogP contribution in [-0.2, 0) is 0 Å². The van der Waals surface area contributed by atoms with Crippen molar-refractivity contribution >= 4 is 5.78 Å². The van der Waals surface area contributed by atoms with Crippen LogP contribution in [0.2, 0.25) is 0 Å². The number of carbonyl (C=O) groups excluding carboxylic acids is 1. The van der Waals surface area contributed by atoms with Crippen molar-refractivity contribution < 1.29 is 9.18 Å². The van der Waals surface area contributed by atoms with Crippen LogP contribution >= 0.6 is 0 Å². The van der Waals surface area contributed by atoms with Crippen molar-refractivity contribution in [2.75, 3.05) is 0 Å². The highest BCUT2D eigenvalue weighted by atomic mass is 19.1. The van der Waals surface area contributed by atoms with Crippen molar-refractivity contribution in [3.8, 4) is 0 Å². The molecule has 0 saturated heterocycles. The fraction of sp³-hybridized carbons (Fsp3) is 0.300. The molecule has 5 nitrogen and oxygen atoms in total. The van der Waals surface area contributed by atoms with Gasteiger partial charge in [0.15, 0.2) is 12.0 Å². The summed E-state index contributed by atoms with van der Waals surface area (Å²) in [5, 5.41) is 4.38. The maximum Gasteiger partial charge on any atom is 0.217 e. The number of aromatic nitrogens is 4. The second kappa shape index (κ2) is 5.83. The van der Waals surface area contributed by atoms with E-state index in [1.807, 2.05) is 48.5 Å². The van der Waals surface area contributed by atoms with E-state index >= 15 is 0 Å². The topological polar surface area (TPSA) is 60.7 Å². The van der Waals surface area contributed by atoms with Gasteiger partial charge in [0, 0.05) is 30.1 Å². The lowest BCUT2D eigenvalue weighted by Gasteiger charge is -2.11. The van der Waals surface area contributed by atoms with Gasteiger partial charge in [-0.2, -0.15) is 0 Å². The molecule has 0 amide bonds. The summed E-state index contributed by atoms with van der Waals surface area (Å²) in [5.74, 6) is 0.250. The van der Waals surface area contributed by atoms with Gasteiger partial charge < -0.3 is 0 Å². The van der Waals surface area contributed by atoms with Gasteiger partial charge in [0.25, 0.3) is 0 Å². The molecule has 26 heavy (non-hydrogen) atoms. The molecular formula is C20H17FN4O. The molecule has 0 N–H and O–H groups in total. The number of alkyl halides is 1. The molecular weight excluding hydrogens is 331 g/mol. The second-order valence-electron chi connectivity index (χ2n) is 6.94. The molecule has 1 aliphatic heterocycles. The van der Waals surface area contributed by atoms with Crippen LogP contribution in [0.15, 0.2) is 54.7 Å². The molecule has 2 aromatic heterocycles. The number of carbonyl (C=O) groups is 1. The number of Topliss-reactive ketones (excluding diaryl/α,β-unsaturated/α-hetero) is 1. The van der Waals surface area contributed by atoms with Crippen molar-refractivity contribution in [3.63, 3.8) is 0 Å². The van der Waals surface area contributed by atoms with Gasteiger partial charge in [0.1, 0.15) is 0 Å². The van der Waals surface area contributed by atoms with Crippen LogP contribution in [-0.4, -0.2) is 25.5 Å². The summed E-state index contributed by atoms with van der Waals surface area (Å²) in [6.07, 6.45) is 1.60. The molecule has 1 aromatic carbocycles. The van der Waals surface area contributed by atoms with E-state index in [2.05, 4.69) is 15.1 Å². The molecule has 0 bridgehead atoms. The molecule has 1 unspecified atom stereocenters. The van der Waals surface area contributed by atoms with Gasteiger partial charge in [-0.3, -0.25) is 9.78 Å². The van der Waals surface area contributed by atoms with Crippen LogP contribution in [0.1, 0.15) is 58.7 Å². The van der Waals surface area contributed by atoms with Crippen molar-refractivity contribution in [2.45, 2.75) is 31.0 Å². The van der Waals surface area contributed by atoms with Crippen molar-refractivity contribution in [1.82, 2.24) is 19.7 Å². The number of fused-ring (bicyclic) bond motifs is 1. The Labute approximate surface area is 149 Å². The molecule has 4 atom stereocenters. The fourth-order valence-corrected chi connectivity index (χ4v) is 3.81. The first-order valence-electron chi connectivity index (χ1n) is 8.83. The van der Waals surface area contributed by atoms with Gasteiger partial charge >= 0.3 is 0 Å². The molecule has 3 aromatic rings. The quantitative estimate of drug-likeness (QED) is 0.675. The Kier molecular flexibility index (Phi) is 3.45. The molecule has 3 heterocycles. The van der Waals surface area contributed by atoms with Crippen LogP contribution in [0.5, 0.6) is 0 Å². The van der Waals surface area contributed by atoms with Gasteiger partial charge in [-0.15, -0.1) is 5.10 Å². The molecule has 130 valence electrons. The van der Waals surface area contributed by atoms with E-state index in [0.717, 1.165) is 17.7 Å². The van der Waals surface area contributed by atoms with Crippen LogP contribution in [0, 0.1) is 5.92 Å². The average Bonchev–Trinajstić information content (AvgIpc) is 3.27. The summed E-state index contributed by atoms with van der Waals surface area (Å²) >= 11 is 0. The second-order valence-corrected chi connectivity index (χ2v) is 6.94. The summed E-state index contributed by atoms with van der Waals surface area (Å²) < 4.78 is 16.0. The monoisotopic (exact) mass is 348 g/mol. The Morgan fingerprint density at radius 3 is 2.65 bits per heavy atom. The van der Waals surface area contributed by atoms with Gasteiger partial charge in [0.05, 0.1) is 6.04 Å². The lowest BCUT2D eigenvalue weighted by atomic mass is 10.0. The van der Waals surface area contributed by atoms with E-state index in [1.165, 1.54) is 0 Å². The molecule has 1 saturated carbocycles. The summed E-state index contributed by atoms with van der Waals surface area (Å²) in [4.78, 5) is 21.3. The third-order valence-corrected chi connectivity index (χ3v) is 5.26. The zero-order valence-electron chi connectivity index (χ0n) is 14.0. The minimum atomic E-state index is -1.19. The molecule has 1 fully saturated rings. The Bertz CT molecular complexity index is 956. The largest absolute Gasteiger partial charge is 0.290 e. The number of ketones is 1. The Morgan fingerprint density at radius 2 is 1.88 bits per heavy atom. The summed E-state index contributed by atoms with van der Waals surface area (Å²) in [6, 6.07) is 15.2. The number of benzene rings is 1. The van der Waals surface area contributed by atoms with Crippen molar-refractivity contribution in [1.29, 1.82) is 0 Å². The fourth-order valence-electron chi connectivity index (χ4n) is 3.81. The van der Waals surface area contributed by atoms with Gasteiger partial charge in [-0.05, 0) is 24.1 Å². The van der Waals surface area contributed by atoms with Crippen LogP contribution in [0.3, 0.4) is 0 Å². The zero-order chi connectivity index (χ0) is 17.7. The average molecular weight is 348 g/mol. The predicted molar refractivity (Wildman–Crippen MR) is 92.5 cm³/mol. The highest BCUT2D eigenvalue weighted by molar-refractivity contribution is 5.97. The van der Waals surface area contributed by atoms with Gasteiger partial charge in [-0.25, -0.2) is 14.1 Å². The smallest absolute Gasteiger partial charge is 0.217 e. The number of pyridine rings is 1. The summed E-state index contributed by atoms with van der Waals surface area (Å²) in [6.45, 7) is 0. The standard InChI is InChI=1S/C20H17FN4O/c21-15-11-17(12-6-2-1-3-7-12)25-20(15)23-19(24-25)18(26)14-10-13(14)16-8-4-5-9-22-16/h1-9,13-15,17H,10-11H2/t13?,14-,15-,17-/m0/s1. The van der Waals surface area contributed by atoms with Crippen LogP contribution in [0.25, 0.3) is 0 Å². The number of hydrogen-bond acceptors (Lipinski definition) is 4. The van der Waals surface area contributed by atoms with Crippen molar-refractivity contribution in [3.05, 3.63) is 77.6 Å². The Hall–Kier alpha value is -2.89. The highest BCUT2D eigenvalue weighted by Crippen LogP contribution is 2.48. The number of rotatable bonds is 4. The van der Waals surface area contributed by atoms with E-state index in [0.29, 0.717) is 6.42 Å². The van der Waals surface area contributed by atoms with Crippen LogP contribution in [0.4, 0.5) is 4.39 Å². The maximum atomic E-state index is 14.4. The maximum absolute atomic E-state index is 14.4. The number of hydrogen-bond donors (Lipinski definition) is 0. The molecule has 6 heteroatoms. The van der Waals surface area contributed by atoms with E-state index in [-0.39, 0.29) is 35.3 Å². The number of nitrogens with zero attached hydrogens (tertiary/aromatic N) is 4. The zero-order valence-corrected chi connectivity index (χ0v) is 14.0. The summed E-state index contributed by atoms with van der Waals surface area (Å²) in [5.41, 5.74) is 1.90. The lowest BCUT2D eigenvalue weighted by Crippen LogP contribution is -2.11. The molecule has 0 spiro atoms. The third kappa shape index (κ3) is 2.44. The predicted octanol–water partition coefficient (Wildman–Crippen LogP) is 3.66. The Balaban J connectivity index is 1.41. The van der Waals surface area contributed by atoms with Crippen LogP contribution < -0.4 is 0 Å². The highest BCUT2D eigenvalue weighted by Gasteiger charge is 2.47. The first kappa shape index (κ1) is 15.4. The number of halogens is 1. The molecule has 5 rings (SSSR count). The van der Waals surface area contributed by atoms with E-state index in [4.69, 9.17) is 0 Å².